The van der Waals surface area contributed by atoms with Crippen molar-refractivity contribution >= 4 is 0 Å². The standard InChI is InChI=1S/C13H20FN/c1-8(2)11-5-12(7-13(14)6-11)9(3)10(4)15/h5-10H,15H2,1-4H3/t9?,10-/m1/s1. The van der Waals surface area contributed by atoms with Crippen LogP contribution in [0.1, 0.15) is 50.7 Å². The molecule has 15 heavy (non-hydrogen) atoms. The minimum Gasteiger partial charge on any atom is -0.327 e. The number of hydrogen-bond acceptors (Lipinski definition) is 1. The summed E-state index contributed by atoms with van der Waals surface area (Å²) in [6.07, 6.45) is 0. The maximum atomic E-state index is 13.4. The van der Waals surface area contributed by atoms with Crippen LogP contribution in [0.25, 0.3) is 0 Å². The molecule has 0 aliphatic rings. The Bertz CT molecular complexity index is 331. The van der Waals surface area contributed by atoms with Gasteiger partial charge < -0.3 is 5.73 Å². The molecule has 1 aromatic carbocycles. The Labute approximate surface area is 91.5 Å². The Kier molecular flexibility index (Phi) is 3.86. The van der Waals surface area contributed by atoms with Crippen LogP contribution >= 0.6 is 0 Å². The van der Waals surface area contributed by atoms with Crippen molar-refractivity contribution in [1.29, 1.82) is 0 Å². The van der Waals surface area contributed by atoms with Gasteiger partial charge in [0, 0.05) is 6.04 Å². The first-order valence-corrected chi connectivity index (χ1v) is 5.47. The Morgan fingerprint density at radius 2 is 1.53 bits per heavy atom. The molecule has 1 aromatic rings. The molecule has 0 saturated heterocycles. The molecule has 0 aromatic heterocycles. The molecule has 0 aliphatic carbocycles. The molecule has 2 N–H and O–H groups in total. The van der Waals surface area contributed by atoms with E-state index < -0.39 is 0 Å². The fourth-order valence-corrected chi connectivity index (χ4v) is 1.54. The first-order chi connectivity index (χ1) is 6.91. The van der Waals surface area contributed by atoms with Gasteiger partial charge in [0.25, 0.3) is 0 Å². The van der Waals surface area contributed by atoms with Crippen molar-refractivity contribution in [3.05, 3.63) is 35.1 Å². The van der Waals surface area contributed by atoms with Crippen molar-refractivity contribution in [2.45, 2.75) is 45.6 Å². The molecular weight excluding hydrogens is 189 g/mol. The summed E-state index contributed by atoms with van der Waals surface area (Å²) in [5.74, 6) is 0.377. The highest BCUT2D eigenvalue weighted by atomic mass is 19.1. The van der Waals surface area contributed by atoms with E-state index in [4.69, 9.17) is 5.73 Å². The zero-order valence-corrected chi connectivity index (χ0v) is 9.92. The second-order valence-corrected chi connectivity index (χ2v) is 4.62. The van der Waals surface area contributed by atoms with Crippen LogP contribution in [0.2, 0.25) is 0 Å². The van der Waals surface area contributed by atoms with Crippen LogP contribution in [0.15, 0.2) is 18.2 Å². The Hall–Kier alpha value is -0.890. The maximum absolute atomic E-state index is 13.4. The summed E-state index contributed by atoms with van der Waals surface area (Å²) in [5, 5.41) is 0. The minimum atomic E-state index is -0.163. The quantitative estimate of drug-likeness (QED) is 0.811. The normalized spacial score (nSPS) is 15.4. The van der Waals surface area contributed by atoms with Crippen LogP contribution in [0.5, 0.6) is 0 Å². The molecular formula is C13H20FN. The van der Waals surface area contributed by atoms with Crippen molar-refractivity contribution in [3.63, 3.8) is 0 Å². The SMILES string of the molecule is CC(C)c1cc(F)cc(C(C)[C@@H](C)N)c1. The molecule has 1 nitrogen and oxygen atoms in total. The van der Waals surface area contributed by atoms with E-state index in [2.05, 4.69) is 19.9 Å². The lowest BCUT2D eigenvalue weighted by molar-refractivity contribution is 0.590. The van der Waals surface area contributed by atoms with Crippen molar-refractivity contribution in [2.24, 2.45) is 5.73 Å². The summed E-state index contributed by atoms with van der Waals surface area (Å²) < 4.78 is 13.4. The number of nitrogens with two attached hydrogens (primary N) is 1. The Morgan fingerprint density at radius 1 is 1.00 bits per heavy atom. The highest BCUT2D eigenvalue weighted by Gasteiger charge is 2.13. The molecule has 0 aliphatic heterocycles. The van der Waals surface area contributed by atoms with E-state index in [1.165, 1.54) is 0 Å². The van der Waals surface area contributed by atoms with E-state index in [9.17, 15) is 4.39 Å². The number of halogens is 1. The molecule has 1 unspecified atom stereocenters. The predicted octanol–water partition coefficient (Wildman–Crippen LogP) is 3.40. The number of hydrogen-bond donors (Lipinski definition) is 1. The molecule has 0 saturated carbocycles. The van der Waals surface area contributed by atoms with Gasteiger partial charge in [-0.3, -0.25) is 0 Å². The molecule has 1 rings (SSSR count). The van der Waals surface area contributed by atoms with Gasteiger partial charge in [0.2, 0.25) is 0 Å². The van der Waals surface area contributed by atoms with Crippen molar-refractivity contribution in [1.82, 2.24) is 0 Å². The lowest BCUT2D eigenvalue weighted by Gasteiger charge is -2.18. The van der Waals surface area contributed by atoms with Crippen LogP contribution in [-0.4, -0.2) is 6.04 Å². The van der Waals surface area contributed by atoms with Gasteiger partial charge >= 0.3 is 0 Å². The van der Waals surface area contributed by atoms with Crippen LogP contribution in [0.3, 0.4) is 0 Å². The lowest BCUT2D eigenvalue weighted by atomic mass is 9.91. The molecule has 84 valence electrons. The fourth-order valence-electron chi connectivity index (χ4n) is 1.54. The van der Waals surface area contributed by atoms with Gasteiger partial charge in [-0.25, -0.2) is 4.39 Å². The summed E-state index contributed by atoms with van der Waals surface area (Å²) in [7, 11) is 0. The number of rotatable bonds is 3. The highest BCUT2D eigenvalue weighted by Crippen LogP contribution is 2.24. The second-order valence-electron chi connectivity index (χ2n) is 4.62. The highest BCUT2D eigenvalue weighted by molar-refractivity contribution is 5.29. The van der Waals surface area contributed by atoms with E-state index in [-0.39, 0.29) is 17.8 Å². The zero-order valence-electron chi connectivity index (χ0n) is 9.92. The summed E-state index contributed by atoms with van der Waals surface area (Å²) in [6, 6.07) is 5.29. The third kappa shape index (κ3) is 3.03. The average molecular weight is 209 g/mol. The molecule has 0 spiro atoms. The topological polar surface area (TPSA) is 26.0 Å². The summed E-state index contributed by atoms with van der Waals surface area (Å²) in [4.78, 5) is 0. The molecule has 0 bridgehead atoms. The van der Waals surface area contributed by atoms with Gasteiger partial charge in [0.05, 0.1) is 0 Å². The second kappa shape index (κ2) is 4.75. The number of benzene rings is 1. The molecule has 0 heterocycles. The van der Waals surface area contributed by atoms with E-state index >= 15 is 0 Å². The van der Waals surface area contributed by atoms with Crippen LogP contribution in [0.4, 0.5) is 4.39 Å². The van der Waals surface area contributed by atoms with E-state index in [0.717, 1.165) is 11.1 Å². The fraction of sp³-hybridized carbons (Fsp3) is 0.538. The lowest BCUT2D eigenvalue weighted by Crippen LogP contribution is -2.22. The van der Waals surface area contributed by atoms with Crippen molar-refractivity contribution in [3.8, 4) is 0 Å². The van der Waals surface area contributed by atoms with Crippen molar-refractivity contribution < 1.29 is 4.39 Å². The average Bonchev–Trinajstić information content (AvgIpc) is 2.15. The molecule has 2 heteroatoms. The molecule has 2 atom stereocenters. The van der Waals surface area contributed by atoms with Crippen LogP contribution < -0.4 is 5.73 Å². The van der Waals surface area contributed by atoms with Gasteiger partial charge in [-0.2, -0.15) is 0 Å². The summed E-state index contributed by atoms with van der Waals surface area (Å²) >= 11 is 0. The first kappa shape index (κ1) is 12.2. The largest absolute Gasteiger partial charge is 0.327 e. The molecule has 0 amide bonds. The Balaban J connectivity index is 3.09. The van der Waals surface area contributed by atoms with E-state index in [1.54, 1.807) is 12.1 Å². The summed E-state index contributed by atoms with van der Waals surface area (Å²) in [5.41, 5.74) is 7.86. The van der Waals surface area contributed by atoms with E-state index in [1.807, 2.05) is 13.8 Å². The van der Waals surface area contributed by atoms with Crippen molar-refractivity contribution in [2.75, 3.05) is 0 Å². The Morgan fingerprint density at radius 3 is 2.00 bits per heavy atom. The molecule has 0 radical (unpaired) electrons. The van der Waals surface area contributed by atoms with Gasteiger partial charge in [0.15, 0.2) is 0 Å². The van der Waals surface area contributed by atoms with E-state index in [0.29, 0.717) is 5.92 Å². The van der Waals surface area contributed by atoms with Crippen LogP contribution in [-0.2, 0) is 0 Å². The maximum Gasteiger partial charge on any atom is 0.123 e. The van der Waals surface area contributed by atoms with Gasteiger partial charge in [-0.15, -0.1) is 0 Å². The summed E-state index contributed by atoms with van der Waals surface area (Å²) in [6.45, 7) is 8.11. The van der Waals surface area contributed by atoms with Gasteiger partial charge in [-0.1, -0.05) is 26.8 Å². The molecule has 0 fully saturated rings. The smallest absolute Gasteiger partial charge is 0.123 e. The van der Waals surface area contributed by atoms with Crippen LogP contribution in [0, 0.1) is 5.82 Å². The zero-order chi connectivity index (χ0) is 11.6. The monoisotopic (exact) mass is 209 g/mol. The van der Waals surface area contributed by atoms with Gasteiger partial charge in [0.1, 0.15) is 5.82 Å². The predicted molar refractivity (Wildman–Crippen MR) is 62.6 cm³/mol. The minimum absolute atomic E-state index is 0.0480. The van der Waals surface area contributed by atoms with Gasteiger partial charge in [-0.05, 0) is 42.0 Å². The third-order valence-electron chi connectivity index (χ3n) is 2.92. The first-order valence-electron chi connectivity index (χ1n) is 5.47. The third-order valence-corrected chi connectivity index (χ3v) is 2.92.